The summed E-state index contributed by atoms with van der Waals surface area (Å²) in [6.07, 6.45) is 0. The summed E-state index contributed by atoms with van der Waals surface area (Å²) in [5.41, 5.74) is 2.33. The zero-order valence-corrected chi connectivity index (χ0v) is 13.7. The van der Waals surface area contributed by atoms with Gasteiger partial charge in [0.1, 0.15) is 0 Å². The lowest BCUT2D eigenvalue weighted by Crippen LogP contribution is -2.38. The highest BCUT2D eigenvalue weighted by Crippen LogP contribution is 2.38. The average molecular weight is 270 g/mol. The highest BCUT2D eigenvalue weighted by molar-refractivity contribution is 6.81. The molecule has 0 nitrogen and oxygen atoms in total. The van der Waals surface area contributed by atoms with Gasteiger partial charge >= 0.3 is 0 Å². The fourth-order valence-electron chi connectivity index (χ4n) is 3.63. The minimum absolute atomic E-state index is 0.749. The summed E-state index contributed by atoms with van der Waals surface area (Å²) in [4.78, 5) is 0. The quantitative estimate of drug-likeness (QED) is 0.585. The Hall–Kier alpha value is -1.08. The van der Waals surface area contributed by atoms with Crippen molar-refractivity contribution < 1.29 is 0 Å². The number of hydrogen-bond donors (Lipinski definition) is 0. The van der Waals surface area contributed by atoms with Crippen molar-refractivity contribution in [3.05, 3.63) is 48.0 Å². The van der Waals surface area contributed by atoms with Crippen molar-refractivity contribution in [2.45, 2.75) is 51.4 Å². The number of fused-ring (bicyclic) bond motifs is 1. The van der Waals surface area contributed by atoms with E-state index in [1.807, 2.05) is 0 Å². The van der Waals surface area contributed by atoms with Gasteiger partial charge in [-0.05, 0) is 21.9 Å². The van der Waals surface area contributed by atoms with Crippen LogP contribution in [-0.2, 0) is 0 Å². The number of rotatable bonds is 5. The molecule has 0 aliphatic heterocycles. The molecule has 0 bridgehead atoms. The third-order valence-electron chi connectivity index (χ3n) is 5.32. The molecule has 19 heavy (non-hydrogen) atoms. The highest BCUT2D eigenvalue weighted by Gasteiger charge is 2.34. The molecule has 0 aliphatic carbocycles. The standard InChI is InChI=1S/C18H26Si/c1-5-19(6-2,7-3)15(4)17-14-10-12-16-11-8-9-13-18(16)17/h8-15H,5-7H2,1-4H3. The molecule has 2 aromatic rings. The van der Waals surface area contributed by atoms with Crippen molar-refractivity contribution in [1.29, 1.82) is 0 Å². The van der Waals surface area contributed by atoms with E-state index in [4.69, 9.17) is 0 Å². The summed E-state index contributed by atoms with van der Waals surface area (Å²) in [5.74, 6) is 0. The van der Waals surface area contributed by atoms with Gasteiger partial charge in [-0.1, -0.05) is 88.3 Å². The summed E-state index contributed by atoms with van der Waals surface area (Å²) in [6.45, 7) is 9.69. The van der Waals surface area contributed by atoms with Crippen molar-refractivity contribution >= 4 is 18.8 Å². The Bertz CT molecular complexity index is 527. The number of hydrogen-bond acceptors (Lipinski definition) is 0. The summed E-state index contributed by atoms with van der Waals surface area (Å²) in [6, 6.07) is 19.8. The maximum atomic E-state index is 2.48. The van der Waals surface area contributed by atoms with Crippen LogP contribution in [0.5, 0.6) is 0 Å². The molecular formula is C18H26Si. The molecule has 102 valence electrons. The Balaban J connectivity index is 2.55. The van der Waals surface area contributed by atoms with Gasteiger partial charge < -0.3 is 0 Å². The van der Waals surface area contributed by atoms with Crippen LogP contribution in [0.2, 0.25) is 18.1 Å². The Kier molecular flexibility index (Phi) is 4.46. The van der Waals surface area contributed by atoms with Gasteiger partial charge in [0, 0.05) is 0 Å². The molecule has 0 amide bonds. The highest BCUT2D eigenvalue weighted by atomic mass is 28.3. The van der Waals surface area contributed by atoms with Gasteiger partial charge in [-0.2, -0.15) is 0 Å². The molecule has 0 fully saturated rings. The van der Waals surface area contributed by atoms with Crippen LogP contribution in [0.15, 0.2) is 42.5 Å². The van der Waals surface area contributed by atoms with Crippen LogP contribution < -0.4 is 0 Å². The van der Waals surface area contributed by atoms with Gasteiger partial charge in [-0.3, -0.25) is 0 Å². The number of benzene rings is 2. The predicted molar refractivity (Wildman–Crippen MR) is 89.6 cm³/mol. The van der Waals surface area contributed by atoms with Crippen LogP contribution in [0.4, 0.5) is 0 Å². The average Bonchev–Trinajstić information content (AvgIpc) is 2.49. The molecular weight excluding hydrogens is 244 g/mol. The monoisotopic (exact) mass is 270 g/mol. The van der Waals surface area contributed by atoms with E-state index >= 15 is 0 Å². The van der Waals surface area contributed by atoms with Gasteiger partial charge in [0.2, 0.25) is 0 Å². The molecule has 0 heterocycles. The first kappa shape index (κ1) is 14.3. The topological polar surface area (TPSA) is 0 Å². The van der Waals surface area contributed by atoms with E-state index in [2.05, 4.69) is 70.2 Å². The lowest BCUT2D eigenvalue weighted by Gasteiger charge is -2.36. The SMILES string of the molecule is CC[Si](CC)(CC)C(C)c1cccc2ccccc12. The molecule has 0 aliphatic rings. The van der Waals surface area contributed by atoms with E-state index in [0.29, 0.717) is 0 Å². The first-order valence-electron chi connectivity index (χ1n) is 7.66. The van der Waals surface area contributed by atoms with Crippen LogP contribution >= 0.6 is 0 Å². The van der Waals surface area contributed by atoms with E-state index < -0.39 is 8.07 Å². The molecule has 2 rings (SSSR count). The van der Waals surface area contributed by atoms with Crippen molar-refractivity contribution in [3.8, 4) is 0 Å². The van der Waals surface area contributed by atoms with Crippen molar-refractivity contribution in [2.75, 3.05) is 0 Å². The summed E-state index contributed by atoms with van der Waals surface area (Å²) >= 11 is 0. The Labute approximate surface area is 118 Å². The van der Waals surface area contributed by atoms with E-state index in [-0.39, 0.29) is 0 Å². The lowest BCUT2D eigenvalue weighted by molar-refractivity contribution is 0.953. The van der Waals surface area contributed by atoms with Crippen molar-refractivity contribution in [1.82, 2.24) is 0 Å². The normalized spacial score (nSPS) is 13.7. The van der Waals surface area contributed by atoms with Gasteiger partial charge in [-0.25, -0.2) is 0 Å². The molecule has 0 spiro atoms. The Morgan fingerprint density at radius 3 is 2.05 bits per heavy atom. The first-order chi connectivity index (χ1) is 9.18. The minimum atomic E-state index is -1.18. The van der Waals surface area contributed by atoms with Crippen LogP contribution in [0.25, 0.3) is 10.8 Å². The second kappa shape index (κ2) is 5.92. The second-order valence-electron chi connectivity index (χ2n) is 5.71. The van der Waals surface area contributed by atoms with Crippen LogP contribution in [-0.4, -0.2) is 8.07 Å². The second-order valence-corrected chi connectivity index (χ2v) is 11.4. The Morgan fingerprint density at radius 2 is 1.42 bits per heavy atom. The van der Waals surface area contributed by atoms with E-state index in [0.717, 1.165) is 5.54 Å². The van der Waals surface area contributed by atoms with Crippen molar-refractivity contribution in [2.24, 2.45) is 0 Å². The largest absolute Gasteiger partial charge is 0.0677 e. The van der Waals surface area contributed by atoms with Crippen LogP contribution in [0.3, 0.4) is 0 Å². The Morgan fingerprint density at radius 1 is 0.842 bits per heavy atom. The predicted octanol–water partition coefficient (Wildman–Crippen LogP) is 5.99. The molecule has 0 saturated heterocycles. The first-order valence-corrected chi connectivity index (χ1v) is 10.4. The zero-order chi connectivity index (χ0) is 13.9. The summed E-state index contributed by atoms with van der Waals surface area (Å²) < 4.78 is 0. The molecule has 1 unspecified atom stereocenters. The molecule has 0 radical (unpaired) electrons. The van der Waals surface area contributed by atoms with Gasteiger partial charge in [-0.15, -0.1) is 0 Å². The van der Waals surface area contributed by atoms with Crippen molar-refractivity contribution in [3.63, 3.8) is 0 Å². The molecule has 1 heteroatoms. The zero-order valence-electron chi connectivity index (χ0n) is 12.7. The van der Waals surface area contributed by atoms with E-state index in [1.54, 1.807) is 5.56 Å². The fourth-order valence-corrected chi connectivity index (χ4v) is 7.88. The summed E-state index contributed by atoms with van der Waals surface area (Å²) in [5, 5.41) is 2.85. The molecule has 1 atom stereocenters. The minimum Gasteiger partial charge on any atom is -0.0677 e. The smallest absolute Gasteiger partial charge is 0.0601 e. The van der Waals surface area contributed by atoms with E-state index in [1.165, 1.54) is 28.9 Å². The van der Waals surface area contributed by atoms with E-state index in [9.17, 15) is 0 Å². The van der Waals surface area contributed by atoms with Gasteiger partial charge in [0.15, 0.2) is 0 Å². The van der Waals surface area contributed by atoms with Gasteiger partial charge in [0.25, 0.3) is 0 Å². The summed E-state index contributed by atoms with van der Waals surface area (Å²) in [7, 11) is -1.18. The van der Waals surface area contributed by atoms with Crippen LogP contribution in [0, 0.1) is 0 Å². The molecule has 0 saturated carbocycles. The third-order valence-corrected chi connectivity index (χ3v) is 11.7. The molecule has 0 aromatic heterocycles. The maximum Gasteiger partial charge on any atom is 0.0601 e. The van der Waals surface area contributed by atoms with Crippen LogP contribution in [0.1, 0.15) is 38.8 Å². The molecule has 0 N–H and O–H groups in total. The van der Waals surface area contributed by atoms with Gasteiger partial charge in [0.05, 0.1) is 8.07 Å². The molecule has 2 aromatic carbocycles. The third kappa shape index (κ3) is 2.49. The fraction of sp³-hybridized carbons (Fsp3) is 0.444. The lowest BCUT2D eigenvalue weighted by atomic mass is 10.0. The maximum absolute atomic E-state index is 2.48.